The molecule has 6 nitrogen and oxygen atoms in total. The molecule has 0 bridgehead atoms. The van der Waals surface area contributed by atoms with Gasteiger partial charge in [0.25, 0.3) is 5.91 Å². The molecule has 1 fully saturated rings. The van der Waals surface area contributed by atoms with E-state index in [1.807, 2.05) is 23.6 Å². The van der Waals surface area contributed by atoms with Gasteiger partial charge in [-0.15, -0.1) is 11.3 Å². The first kappa shape index (κ1) is 16.4. The second kappa shape index (κ2) is 7.01. The number of benzene rings is 1. The Kier molecular flexibility index (Phi) is 4.59. The van der Waals surface area contributed by atoms with E-state index in [0.29, 0.717) is 18.9 Å². The SMILES string of the molecule is CC1NCCCC1NC(=O)c1csc(-c2ccc3c(c2)OCCO3)n1. The minimum Gasteiger partial charge on any atom is -0.486 e. The van der Waals surface area contributed by atoms with E-state index in [1.54, 1.807) is 0 Å². The van der Waals surface area contributed by atoms with E-state index in [2.05, 4.69) is 22.5 Å². The number of piperidine rings is 1. The second-order valence-corrected chi connectivity index (χ2v) is 7.22. The van der Waals surface area contributed by atoms with Crippen LogP contribution in [0.3, 0.4) is 0 Å². The topological polar surface area (TPSA) is 72.5 Å². The Morgan fingerprint density at radius 3 is 3.00 bits per heavy atom. The molecule has 2 atom stereocenters. The lowest BCUT2D eigenvalue weighted by atomic mass is 10.00. The van der Waals surface area contributed by atoms with Crippen LogP contribution in [0.1, 0.15) is 30.3 Å². The molecule has 25 heavy (non-hydrogen) atoms. The third kappa shape index (κ3) is 3.48. The first-order valence-electron chi connectivity index (χ1n) is 8.60. The Hall–Kier alpha value is -2.12. The molecular formula is C18H21N3O3S. The fourth-order valence-electron chi connectivity index (χ4n) is 3.17. The summed E-state index contributed by atoms with van der Waals surface area (Å²) in [5.41, 5.74) is 1.40. The van der Waals surface area contributed by atoms with Crippen molar-refractivity contribution in [1.82, 2.24) is 15.6 Å². The van der Waals surface area contributed by atoms with Gasteiger partial charge in [-0.25, -0.2) is 4.98 Å². The maximum Gasteiger partial charge on any atom is 0.271 e. The monoisotopic (exact) mass is 359 g/mol. The van der Waals surface area contributed by atoms with Gasteiger partial charge in [-0.1, -0.05) is 0 Å². The van der Waals surface area contributed by atoms with Crippen molar-refractivity contribution in [3.05, 3.63) is 29.3 Å². The number of hydrogen-bond acceptors (Lipinski definition) is 6. The highest BCUT2D eigenvalue weighted by molar-refractivity contribution is 7.13. The van der Waals surface area contributed by atoms with Crippen LogP contribution in [0, 0.1) is 0 Å². The maximum absolute atomic E-state index is 12.5. The van der Waals surface area contributed by atoms with Gasteiger partial charge in [0, 0.05) is 23.0 Å². The normalized spacial score (nSPS) is 22.4. The van der Waals surface area contributed by atoms with Crippen molar-refractivity contribution in [3.8, 4) is 22.1 Å². The Bertz CT molecular complexity index is 777. The molecule has 0 radical (unpaired) electrons. The van der Waals surface area contributed by atoms with Gasteiger partial charge in [0.05, 0.1) is 0 Å². The summed E-state index contributed by atoms with van der Waals surface area (Å²) in [7, 11) is 0. The molecule has 0 spiro atoms. The van der Waals surface area contributed by atoms with Crippen molar-refractivity contribution >= 4 is 17.2 Å². The molecule has 4 rings (SSSR count). The quantitative estimate of drug-likeness (QED) is 0.881. The van der Waals surface area contributed by atoms with E-state index >= 15 is 0 Å². The Morgan fingerprint density at radius 1 is 1.32 bits per heavy atom. The fourth-order valence-corrected chi connectivity index (χ4v) is 3.97. The summed E-state index contributed by atoms with van der Waals surface area (Å²) >= 11 is 1.46. The van der Waals surface area contributed by atoms with E-state index in [9.17, 15) is 4.79 Å². The van der Waals surface area contributed by atoms with E-state index in [-0.39, 0.29) is 18.0 Å². The molecule has 7 heteroatoms. The molecule has 132 valence electrons. The Morgan fingerprint density at radius 2 is 2.16 bits per heavy atom. The van der Waals surface area contributed by atoms with Crippen LogP contribution in [0.2, 0.25) is 0 Å². The van der Waals surface area contributed by atoms with Gasteiger partial charge < -0.3 is 20.1 Å². The molecule has 2 unspecified atom stereocenters. The minimum atomic E-state index is -0.111. The van der Waals surface area contributed by atoms with E-state index < -0.39 is 0 Å². The molecule has 2 aliphatic heterocycles. The number of nitrogens with zero attached hydrogens (tertiary/aromatic N) is 1. The molecule has 1 aromatic carbocycles. The highest BCUT2D eigenvalue weighted by Crippen LogP contribution is 2.35. The molecular weight excluding hydrogens is 338 g/mol. The number of carbonyl (C=O) groups is 1. The number of carbonyl (C=O) groups excluding carboxylic acids is 1. The highest BCUT2D eigenvalue weighted by Gasteiger charge is 2.24. The van der Waals surface area contributed by atoms with Crippen LogP contribution >= 0.6 is 11.3 Å². The van der Waals surface area contributed by atoms with Crippen LogP contribution in [-0.4, -0.2) is 42.7 Å². The molecule has 3 heterocycles. The summed E-state index contributed by atoms with van der Waals surface area (Å²) in [5.74, 6) is 1.37. The number of rotatable bonds is 3. The van der Waals surface area contributed by atoms with E-state index in [4.69, 9.17) is 9.47 Å². The van der Waals surface area contributed by atoms with Crippen LogP contribution in [0.4, 0.5) is 0 Å². The summed E-state index contributed by atoms with van der Waals surface area (Å²) in [6.45, 7) is 4.24. The smallest absolute Gasteiger partial charge is 0.271 e. The summed E-state index contributed by atoms with van der Waals surface area (Å²) in [6.07, 6.45) is 2.08. The zero-order valence-corrected chi connectivity index (χ0v) is 14.9. The highest BCUT2D eigenvalue weighted by atomic mass is 32.1. The van der Waals surface area contributed by atoms with Crippen LogP contribution in [0.25, 0.3) is 10.6 Å². The lowest BCUT2D eigenvalue weighted by molar-refractivity contribution is 0.0915. The molecule has 2 aliphatic rings. The molecule has 1 amide bonds. The molecule has 1 saturated heterocycles. The zero-order chi connectivity index (χ0) is 17.2. The van der Waals surface area contributed by atoms with Crippen LogP contribution in [0.5, 0.6) is 11.5 Å². The number of ether oxygens (including phenoxy) is 2. The van der Waals surface area contributed by atoms with Crippen LogP contribution in [0.15, 0.2) is 23.6 Å². The van der Waals surface area contributed by atoms with E-state index in [1.165, 1.54) is 11.3 Å². The average molecular weight is 359 g/mol. The number of hydrogen-bond donors (Lipinski definition) is 2. The van der Waals surface area contributed by atoms with Crippen molar-refractivity contribution in [2.45, 2.75) is 31.8 Å². The third-order valence-corrected chi connectivity index (χ3v) is 5.50. The van der Waals surface area contributed by atoms with Crippen LogP contribution < -0.4 is 20.1 Å². The maximum atomic E-state index is 12.5. The van der Waals surface area contributed by atoms with Gasteiger partial charge in [0.1, 0.15) is 23.9 Å². The summed E-state index contributed by atoms with van der Waals surface area (Å²) in [4.78, 5) is 17.0. The second-order valence-electron chi connectivity index (χ2n) is 6.36. The van der Waals surface area contributed by atoms with Gasteiger partial charge in [-0.05, 0) is 44.5 Å². The predicted octanol–water partition coefficient (Wildman–Crippen LogP) is 2.45. The first-order chi connectivity index (χ1) is 12.2. The predicted molar refractivity (Wildman–Crippen MR) is 96.5 cm³/mol. The number of nitrogens with one attached hydrogen (secondary N) is 2. The van der Waals surface area contributed by atoms with Gasteiger partial charge in [-0.2, -0.15) is 0 Å². The first-order valence-corrected chi connectivity index (χ1v) is 9.48. The molecule has 0 aliphatic carbocycles. The Labute approximate surface area is 150 Å². The standard InChI is InChI=1S/C18H21N3O3S/c1-11-13(3-2-6-19-11)20-17(22)14-10-25-18(21-14)12-4-5-15-16(9-12)24-8-7-23-15/h4-5,9-11,13,19H,2-3,6-8H2,1H3,(H,20,22). The fraction of sp³-hybridized carbons (Fsp3) is 0.444. The van der Waals surface area contributed by atoms with E-state index in [0.717, 1.165) is 41.5 Å². The van der Waals surface area contributed by atoms with Crippen molar-refractivity contribution in [3.63, 3.8) is 0 Å². The number of thiazole rings is 1. The van der Waals surface area contributed by atoms with Crippen LogP contribution in [-0.2, 0) is 0 Å². The lowest BCUT2D eigenvalue weighted by Gasteiger charge is -2.30. The average Bonchev–Trinajstić information content (AvgIpc) is 3.13. The summed E-state index contributed by atoms with van der Waals surface area (Å²) in [5, 5.41) is 9.10. The Balaban J connectivity index is 1.49. The summed E-state index contributed by atoms with van der Waals surface area (Å²) in [6, 6.07) is 6.19. The van der Waals surface area contributed by atoms with Crippen molar-refractivity contribution in [2.24, 2.45) is 0 Å². The number of aromatic nitrogens is 1. The lowest BCUT2D eigenvalue weighted by Crippen LogP contribution is -2.51. The van der Waals surface area contributed by atoms with Gasteiger partial charge in [0.15, 0.2) is 11.5 Å². The molecule has 2 aromatic rings. The van der Waals surface area contributed by atoms with Crippen molar-refractivity contribution in [2.75, 3.05) is 19.8 Å². The third-order valence-electron chi connectivity index (χ3n) is 4.60. The number of amides is 1. The van der Waals surface area contributed by atoms with Crippen molar-refractivity contribution in [1.29, 1.82) is 0 Å². The number of fused-ring (bicyclic) bond motifs is 1. The zero-order valence-electron chi connectivity index (χ0n) is 14.1. The molecule has 1 aromatic heterocycles. The molecule has 0 saturated carbocycles. The van der Waals surface area contributed by atoms with Gasteiger partial charge >= 0.3 is 0 Å². The van der Waals surface area contributed by atoms with Gasteiger partial charge in [-0.3, -0.25) is 4.79 Å². The van der Waals surface area contributed by atoms with Crippen molar-refractivity contribution < 1.29 is 14.3 Å². The largest absolute Gasteiger partial charge is 0.486 e. The van der Waals surface area contributed by atoms with Gasteiger partial charge in [0.2, 0.25) is 0 Å². The summed E-state index contributed by atoms with van der Waals surface area (Å²) < 4.78 is 11.2. The molecule has 2 N–H and O–H groups in total. The minimum absolute atomic E-state index is 0.111.